The average molecular weight is 342 g/mol. The van der Waals surface area contributed by atoms with Crippen LogP contribution in [0, 0.1) is 11.6 Å². The molecule has 2 aromatic carbocycles. The zero-order chi connectivity index (χ0) is 14.7. The van der Waals surface area contributed by atoms with E-state index in [0.717, 1.165) is 28.2 Å². The van der Waals surface area contributed by atoms with Gasteiger partial charge in [0, 0.05) is 10.2 Å². The van der Waals surface area contributed by atoms with E-state index in [1.54, 1.807) is 18.2 Å². The lowest BCUT2D eigenvalue weighted by Gasteiger charge is -2.19. The largest absolute Gasteiger partial charge is 0.398 e. The molecular formula is C14H14BrF2N3. The molecule has 0 fully saturated rings. The minimum Gasteiger partial charge on any atom is -0.398 e. The summed E-state index contributed by atoms with van der Waals surface area (Å²) in [4.78, 5) is 0. The molecule has 0 spiro atoms. The number of rotatable bonds is 4. The number of nitrogens with two attached hydrogens (primary N) is 2. The monoisotopic (exact) mass is 341 g/mol. The summed E-state index contributed by atoms with van der Waals surface area (Å²) in [5.41, 5.74) is 10.0. The number of benzene rings is 2. The maximum Gasteiger partial charge on any atom is 0.126 e. The van der Waals surface area contributed by atoms with Gasteiger partial charge >= 0.3 is 0 Å². The van der Waals surface area contributed by atoms with Crippen molar-refractivity contribution in [3.05, 3.63) is 63.6 Å². The van der Waals surface area contributed by atoms with Crippen molar-refractivity contribution >= 4 is 21.6 Å². The Morgan fingerprint density at radius 2 is 1.90 bits per heavy atom. The predicted molar refractivity (Wildman–Crippen MR) is 78.7 cm³/mol. The number of nitrogens with one attached hydrogen (secondary N) is 1. The van der Waals surface area contributed by atoms with Gasteiger partial charge in [0.15, 0.2) is 0 Å². The van der Waals surface area contributed by atoms with Gasteiger partial charge in [-0.1, -0.05) is 15.9 Å². The Kier molecular flexibility index (Phi) is 4.69. The molecule has 3 nitrogen and oxygen atoms in total. The first kappa shape index (κ1) is 14.9. The third-order valence-corrected chi connectivity index (χ3v) is 3.55. The Bertz CT molecular complexity index is 619. The third-order valence-electron chi connectivity index (χ3n) is 3.06. The quantitative estimate of drug-likeness (QED) is 0.455. The summed E-state index contributed by atoms with van der Waals surface area (Å²) in [5, 5.41) is 0. The minimum atomic E-state index is -0.487. The van der Waals surface area contributed by atoms with Crippen molar-refractivity contribution < 1.29 is 8.78 Å². The Balaban J connectivity index is 2.33. The highest BCUT2D eigenvalue weighted by Crippen LogP contribution is 2.27. The SMILES string of the molecule is NNC(Cc1cc(F)ccc1F)c1cc(Br)ccc1N. The molecule has 2 rings (SSSR count). The summed E-state index contributed by atoms with van der Waals surface area (Å²) in [6.45, 7) is 0. The number of anilines is 1. The highest BCUT2D eigenvalue weighted by atomic mass is 79.9. The van der Waals surface area contributed by atoms with Gasteiger partial charge in [-0.05, 0) is 53.9 Å². The molecule has 0 amide bonds. The summed E-state index contributed by atoms with van der Waals surface area (Å²) >= 11 is 3.35. The summed E-state index contributed by atoms with van der Waals surface area (Å²) < 4.78 is 27.7. The van der Waals surface area contributed by atoms with Gasteiger partial charge in [0.1, 0.15) is 11.6 Å². The number of hydrazine groups is 1. The van der Waals surface area contributed by atoms with Crippen LogP contribution in [0.1, 0.15) is 17.2 Å². The van der Waals surface area contributed by atoms with Crippen molar-refractivity contribution in [2.75, 3.05) is 5.73 Å². The first-order valence-electron chi connectivity index (χ1n) is 5.96. The predicted octanol–water partition coefficient (Wildman–Crippen LogP) is 3.06. The maximum absolute atomic E-state index is 13.7. The fraction of sp³-hybridized carbons (Fsp3) is 0.143. The molecule has 0 aromatic heterocycles. The Morgan fingerprint density at radius 3 is 2.60 bits per heavy atom. The molecule has 5 N–H and O–H groups in total. The van der Waals surface area contributed by atoms with E-state index in [0.29, 0.717) is 5.69 Å². The molecule has 0 aliphatic heterocycles. The van der Waals surface area contributed by atoms with Crippen LogP contribution in [-0.2, 0) is 6.42 Å². The number of halogens is 3. The van der Waals surface area contributed by atoms with Crippen molar-refractivity contribution in [1.82, 2.24) is 5.43 Å². The van der Waals surface area contributed by atoms with Gasteiger partial charge in [-0.25, -0.2) is 8.78 Å². The molecule has 20 heavy (non-hydrogen) atoms. The number of nitrogen functional groups attached to an aromatic ring is 1. The van der Waals surface area contributed by atoms with Gasteiger partial charge in [-0.2, -0.15) is 0 Å². The molecule has 106 valence electrons. The van der Waals surface area contributed by atoms with Crippen LogP contribution in [0.4, 0.5) is 14.5 Å². The van der Waals surface area contributed by atoms with Gasteiger partial charge in [-0.15, -0.1) is 0 Å². The topological polar surface area (TPSA) is 64.1 Å². The van der Waals surface area contributed by atoms with Gasteiger partial charge in [0.2, 0.25) is 0 Å². The van der Waals surface area contributed by atoms with Gasteiger partial charge in [0.25, 0.3) is 0 Å². The van der Waals surface area contributed by atoms with Gasteiger partial charge < -0.3 is 5.73 Å². The van der Waals surface area contributed by atoms with Crippen LogP contribution in [0.25, 0.3) is 0 Å². The van der Waals surface area contributed by atoms with E-state index in [1.165, 1.54) is 0 Å². The highest BCUT2D eigenvalue weighted by molar-refractivity contribution is 9.10. The smallest absolute Gasteiger partial charge is 0.126 e. The van der Waals surface area contributed by atoms with Crippen molar-refractivity contribution in [3.8, 4) is 0 Å². The molecular weight excluding hydrogens is 328 g/mol. The molecule has 0 aliphatic rings. The number of hydrogen-bond donors (Lipinski definition) is 3. The third kappa shape index (κ3) is 3.33. The van der Waals surface area contributed by atoms with Crippen LogP contribution in [0.3, 0.4) is 0 Å². The van der Waals surface area contributed by atoms with Gasteiger partial charge in [-0.3, -0.25) is 11.3 Å². The van der Waals surface area contributed by atoms with Gasteiger partial charge in [0.05, 0.1) is 6.04 Å². The highest BCUT2D eigenvalue weighted by Gasteiger charge is 2.16. The first-order valence-corrected chi connectivity index (χ1v) is 6.75. The van der Waals surface area contributed by atoms with E-state index in [-0.39, 0.29) is 12.0 Å². The Labute approximate surface area is 124 Å². The molecule has 6 heteroatoms. The lowest BCUT2D eigenvalue weighted by Crippen LogP contribution is -2.30. The summed E-state index contributed by atoms with van der Waals surface area (Å²) in [7, 11) is 0. The van der Waals surface area contributed by atoms with Crippen LogP contribution in [0.15, 0.2) is 40.9 Å². The molecule has 1 atom stereocenters. The van der Waals surface area contributed by atoms with E-state index in [1.807, 2.05) is 0 Å². The Hall–Kier alpha value is -1.50. The zero-order valence-corrected chi connectivity index (χ0v) is 12.1. The summed E-state index contributed by atoms with van der Waals surface area (Å²) in [5.74, 6) is 4.56. The fourth-order valence-corrected chi connectivity index (χ4v) is 2.40. The molecule has 0 aliphatic carbocycles. The zero-order valence-electron chi connectivity index (χ0n) is 10.5. The second kappa shape index (κ2) is 6.30. The van der Waals surface area contributed by atoms with Crippen LogP contribution in [0.5, 0.6) is 0 Å². The van der Waals surface area contributed by atoms with Crippen molar-refractivity contribution in [2.45, 2.75) is 12.5 Å². The lowest BCUT2D eigenvalue weighted by atomic mass is 9.97. The van der Waals surface area contributed by atoms with Crippen LogP contribution >= 0.6 is 15.9 Å². The van der Waals surface area contributed by atoms with E-state index in [9.17, 15) is 8.78 Å². The van der Waals surface area contributed by atoms with Crippen LogP contribution in [-0.4, -0.2) is 0 Å². The molecule has 0 bridgehead atoms. The average Bonchev–Trinajstić information content (AvgIpc) is 2.42. The molecule has 0 saturated heterocycles. The molecule has 1 unspecified atom stereocenters. The Morgan fingerprint density at radius 1 is 1.15 bits per heavy atom. The molecule has 0 radical (unpaired) electrons. The number of hydrogen-bond acceptors (Lipinski definition) is 3. The van der Waals surface area contributed by atoms with Crippen molar-refractivity contribution in [3.63, 3.8) is 0 Å². The second-order valence-corrected chi connectivity index (χ2v) is 5.35. The molecule has 0 saturated carbocycles. The van der Waals surface area contributed by atoms with E-state index in [2.05, 4.69) is 21.4 Å². The first-order chi connectivity index (χ1) is 9.51. The van der Waals surface area contributed by atoms with E-state index < -0.39 is 17.7 Å². The molecule has 0 heterocycles. The standard InChI is InChI=1S/C14H14BrF2N3/c15-9-1-4-13(18)11(7-9)14(20-19)6-8-5-10(16)2-3-12(8)17/h1-5,7,14,20H,6,18-19H2. The summed E-state index contributed by atoms with van der Waals surface area (Å²) in [6.07, 6.45) is 0.195. The van der Waals surface area contributed by atoms with E-state index >= 15 is 0 Å². The summed E-state index contributed by atoms with van der Waals surface area (Å²) in [6, 6.07) is 8.26. The van der Waals surface area contributed by atoms with Crippen molar-refractivity contribution in [1.29, 1.82) is 0 Å². The maximum atomic E-state index is 13.7. The fourth-order valence-electron chi connectivity index (χ4n) is 2.03. The minimum absolute atomic E-state index is 0.195. The van der Waals surface area contributed by atoms with Crippen LogP contribution in [0.2, 0.25) is 0 Å². The van der Waals surface area contributed by atoms with E-state index in [4.69, 9.17) is 11.6 Å². The second-order valence-electron chi connectivity index (χ2n) is 4.43. The molecule has 2 aromatic rings. The van der Waals surface area contributed by atoms with Crippen LogP contribution < -0.4 is 17.0 Å². The normalized spacial score (nSPS) is 12.4. The van der Waals surface area contributed by atoms with Crippen molar-refractivity contribution in [2.24, 2.45) is 5.84 Å². The lowest BCUT2D eigenvalue weighted by molar-refractivity contribution is 0.523.